The molecule has 0 unspecified atom stereocenters. The Morgan fingerprint density at radius 2 is 1.74 bits per heavy atom. The highest BCUT2D eigenvalue weighted by atomic mass is 19.4. The summed E-state index contributed by atoms with van der Waals surface area (Å²) in [6.07, 6.45) is 0.644. The maximum absolute atomic E-state index is 13.1. The summed E-state index contributed by atoms with van der Waals surface area (Å²) >= 11 is 0. The molecular weight excluding hydrogens is 355 g/mol. The van der Waals surface area contributed by atoms with Gasteiger partial charge in [-0.2, -0.15) is 13.2 Å². The summed E-state index contributed by atoms with van der Waals surface area (Å²) in [4.78, 5) is 8.29. The highest BCUT2D eigenvalue weighted by molar-refractivity contribution is 5.63. The van der Waals surface area contributed by atoms with Crippen molar-refractivity contribution in [3.63, 3.8) is 0 Å². The lowest BCUT2D eigenvalue weighted by molar-refractivity contribution is -0.138. The Labute approximate surface area is 152 Å². The molecule has 27 heavy (non-hydrogen) atoms. The number of fused-ring (bicyclic) bond motifs is 1. The fraction of sp³-hybridized carbons (Fsp3) is 0.105. The molecule has 4 aromatic rings. The summed E-state index contributed by atoms with van der Waals surface area (Å²) < 4.78 is 41.0. The summed E-state index contributed by atoms with van der Waals surface area (Å²) in [6.45, 7) is 0.00742. The van der Waals surface area contributed by atoms with Gasteiger partial charge in [0.05, 0.1) is 17.5 Å². The molecule has 3 heterocycles. The number of aromatic nitrogens is 4. The van der Waals surface area contributed by atoms with Gasteiger partial charge in [-0.25, -0.2) is 9.50 Å². The Hall–Kier alpha value is -3.42. The number of nitrogens with one attached hydrogen (secondary N) is 1. The molecule has 0 amide bonds. The number of halogens is 3. The van der Waals surface area contributed by atoms with E-state index in [-0.39, 0.29) is 12.1 Å². The molecule has 0 saturated carbocycles. The van der Waals surface area contributed by atoms with Crippen LogP contribution >= 0.6 is 0 Å². The molecule has 0 bridgehead atoms. The van der Waals surface area contributed by atoms with Crippen molar-refractivity contribution in [3.05, 3.63) is 78.2 Å². The van der Waals surface area contributed by atoms with Gasteiger partial charge in [-0.05, 0) is 35.9 Å². The van der Waals surface area contributed by atoms with Crippen LogP contribution in [0.15, 0.2) is 67.1 Å². The Kier molecular flexibility index (Phi) is 4.23. The fourth-order valence-electron chi connectivity index (χ4n) is 2.82. The molecule has 0 atom stereocenters. The molecule has 8 heteroatoms. The van der Waals surface area contributed by atoms with Crippen LogP contribution in [0.1, 0.15) is 11.1 Å². The number of imidazole rings is 1. The normalized spacial score (nSPS) is 11.7. The van der Waals surface area contributed by atoms with E-state index in [0.29, 0.717) is 11.5 Å². The summed E-state index contributed by atoms with van der Waals surface area (Å²) in [6, 6.07) is 12.6. The Morgan fingerprint density at radius 3 is 2.52 bits per heavy atom. The first-order valence-electron chi connectivity index (χ1n) is 8.16. The molecule has 0 aliphatic rings. The second-order valence-corrected chi connectivity index (χ2v) is 5.88. The van der Waals surface area contributed by atoms with Gasteiger partial charge in [0.25, 0.3) is 0 Å². The van der Waals surface area contributed by atoms with E-state index in [1.807, 2.05) is 12.1 Å². The second-order valence-electron chi connectivity index (χ2n) is 5.88. The lowest BCUT2D eigenvalue weighted by atomic mass is 10.1. The monoisotopic (exact) mass is 369 g/mol. The minimum Gasteiger partial charge on any atom is -0.365 e. The van der Waals surface area contributed by atoms with Crippen LogP contribution in [0, 0.1) is 0 Å². The zero-order chi connectivity index (χ0) is 18.9. The predicted molar refractivity (Wildman–Crippen MR) is 95.0 cm³/mol. The number of pyridine rings is 1. The predicted octanol–water partition coefficient (Wildman–Crippen LogP) is 4.42. The van der Waals surface area contributed by atoms with Gasteiger partial charge in [0.1, 0.15) is 5.82 Å². The molecule has 1 aromatic carbocycles. The van der Waals surface area contributed by atoms with Gasteiger partial charge in [0, 0.05) is 24.5 Å². The molecule has 5 nitrogen and oxygen atoms in total. The SMILES string of the molecule is FC(F)(F)c1ccccc1CNc1ccc2ncc(-c3ccncc3)n2n1. The van der Waals surface area contributed by atoms with E-state index in [4.69, 9.17) is 0 Å². The minimum absolute atomic E-state index is 0.00742. The van der Waals surface area contributed by atoms with Crippen molar-refractivity contribution < 1.29 is 13.2 Å². The van der Waals surface area contributed by atoms with Crippen LogP contribution in [0.25, 0.3) is 16.9 Å². The molecule has 4 rings (SSSR count). The molecule has 0 aliphatic heterocycles. The van der Waals surface area contributed by atoms with E-state index in [1.165, 1.54) is 12.1 Å². The van der Waals surface area contributed by atoms with Crippen LogP contribution < -0.4 is 5.32 Å². The summed E-state index contributed by atoms with van der Waals surface area (Å²) in [5.41, 5.74) is 1.81. The second kappa shape index (κ2) is 6.71. The summed E-state index contributed by atoms with van der Waals surface area (Å²) in [5, 5.41) is 7.42. The van der Waals surface area contributed by atoms with Gasteiger partial charge >= 0.3 is 6.18 Å². The van der Waals surface area contributed by atoms with Crippen LogP contribution in [-0.4, -0.2) is 19.6 Å². The fourth-order valence-corrected chi connectivity index (χ4v) is 2.82. The largest absolute Gasteiger partial charge is 0.416 e. The van der Waals surface area contributed by atoms with Gasteiger partial charge < -0.3 is 5.32 Å². The molecular formula is C19H14F3N5. The highest BCUT2D eigenvalue weighted by Crippen LogP contribution is 2.32. The van der Waals surface area contributed by atoms with Gasteiger partial charge in [-0.1, -0.05) is 18.2 Å². The van der Waals surface area contributed by atoms with Crippen molar-refractivity contribution in [3.8, 4) is 11.3 Å². The van der Waals surface area contributed by atoms with Crippen molar-refractivity contribution in [2.24, 2.45) is 0 Å². The van der Waals surface area contributed by atoms with Gasteiger partial charge in [0.15, 0.2) is 5.65 Å². The van der Waals surface area contributed by atoms with E-state index in [0.717, 1.165) is 17.3 Å². The molecule has 136 valence electrons. The van der Waals surface area contributed by atoms with Crippen molar-refractivity contribution >= 4 is 11.5 Å². The molecule has 0 aliphatic carbocycles. The lowest BCUT2D eigenvalue weighted by Gasteiger charge is -2.13. The van der Waals surface area contributed by atoms with Crippen LogP contribution in [0.5, 0.6) is 0 Å². The standard InChI is InChI=1S/C19H14F3N5/c20-19(21,22)15-4-2-1-3-14(15)11-24-17-5-6-18-25-12-16(27(18)26-17)13-7-9-23-10-8-13/h1-10,12H,11H2,(H,24,26). The zero-order valence-electron chi connectivity index (χ0n) is 14.0. The molecule has 0 saturated heterocycles. The van der Waals surface area contributed by atoms with Crippen molar-refractivity contribution in [1.82, 2.24) is 19.6 Å². The summed E-state index contributed by atoms with van der Waals surface area (Å²) in [7, 11) is 0. The third-order valence-corrected chi connectivity index (χ3v) is 4.12. The van der Waals surface area contributed by atoms with Crippen LogP contribution in [-0.2, 0) is 12.7 Å². The first kappa shape index (κ1) is 17.0. The topological polar surface area (TPSA) is 55.1 Å². The minimum atomic E-state index is -4.39. The van der Waals surface area contributed by atoms with E-state index in [9.17, 15) is 13.2 Å². The quantitative estimate of drug-likeness (QED) is 0.579. The van der Waals surface area contributed by atoms with E-state index < -0.39 is 11.7 Å². The van der Waals surface area contributed by atoms with Crippen molar-refractivity contribution in [1.29, 1.82) is 0 Å². The number of rotatable bonds is 4. The number of benzene rings is 1. The highest BCUT2D eigenvalue weighted by Gasteiger charge is 2.32. The maximum atomic E-state index is 13.1. The Bertz CT molecular complexity index is 1070. The van der Waals surface area contributed by atoms with Crippen LogP contribution in [0.3, 0.4) is 0 Å². The Balaban J connectivity index is 1.63. The first-order chi connectivity index (χ1) is 13.0. The lowest BCUT2D eigenvalue weighted by Crippen LogP contribution is -2.12. The van der Waals surface area contributed by atoms with E-state index in [2.05, 4.69) is 20.4 Å². The van der Waals surface area contributed by atoms with Crippen molar-refractivity contribution in [2.45, 2.75) is 12.7 Å². The number of hydrogen-bond acceptors (Lipinski definition) is 4. The number of anilines is 1. The van der Waals surface area contributed by atoms with Crippen LogP contribution in [0.4, 0.5) is 19.0 Å². The first-order valence-corrected chi connectivity index (χ1v) is 8.16. The van der Waals surface area contributed by atoms with Crippen LogP contribution in [0.2, 0.25) is 0 Å². The third kappa shape index (κ3) is 3.46. The average molecular weight is 369 g/mol. The van der Waals surface area contributed by atoms with E-state index >= 15 is 0 Å². The maximum Gasteiger partial charge on any atom is 0.416 e. The molecule has 0 radical (unpaired) electrons. The smallest absolute Gasteiger partial charge is 0.365 e. The third-order valence-electron chi connectivity index (χ3n) is 4.12. The molecule has 1 N–H and O–H groups in total. The summed E-state index contributed by atoms with van der Waals surface area (Å²) in [5.74, 6) is 0.452. The van der Waals surface area contributed by atoms with Crippen molar-refractivity contribution in [2.75, 3.05) is 5.32 Å². The number of hydrogen-bond donors (Lipinski definition) is 1. The molecule has 0 spiro atoms. The average Bonchev–Trinajstić information content (AvgIpc) is 3.10. The van der Waals surface area contributed by atoms with Gasteiger partial charge in [-0.15, -0.1) is 5.10 Å². The number of nitrogens with zero attached hydrogens (tertiary/aromatic N) is 4. The van der Waals surface area contributed by atoms with Gasteiger partial charge in [0.2, 0.25) is 0 Å². The Morgan fingerprint density at radius 1 is 0.963 bits per heavy atom. The zero-order valence-corrected chi connectivity index (χ0v) is 14.0. The molecule has 0 fully saturated rings. The number of alkyl halides is 3. The van der Waals surface area contributed by atoms with Gasteiger partial charge in [-0.3, -0.25) is 4.98 Å². The molecule has 3 aromatic heterocycles. The van der Waals surface area contributed by atoms with E-state index in [1.54, 1.807) is 41.3 Å².